The van der Waals surface area contributed by atoms with Gasteiger partial charge in [0.1, 0.15) is 34.2 Å². The highest BCUT2D eigenvalue weighted by molar-refractivity contribution is 7.93. The number of aliphatic hydroxyl groups is 1. The molecule has 0 aliphatic rings. The molecule has 0 aliphatic heterocycles. The van der Waals surface area contributed by atoms with Crippen LogP contribution in [-0.2, 0) is 10.0 Å². The third-order valence-electron chi connectivity index (χ3n) is 5.68. The van der Waals surface area contributed by atoms with E-state index in [2.05, 4.69) is 29.9 Å². The summed E-state index contributed by atoms with van der Waals surface area (Å²) in [5.41, 5.74) is 1.44. The van der Waals surface area contributed by atoms with Crippen molar-refractivity contribution in [3.05, 3.63) is 60.2 Å². The quantitative estimate of drug-likeness (QED) is 0.303. The van der Waals surface area contributed by atoms with Gasteiger partial charge in [-0.2, -0.15) is 0 Å². The first-order chi connectivity index (χ1) is 18.2. The normalized spacial score (nSPS) is 13.0. The van der Waals surface area contributed by atoms with Crippen molar-refractivity contribution in [1.29, 1.82) is 0 Å². The molecule has 0 saturated heterocycles. The van der Waals surface area contributed by atoms with Gasteiger partial charge in [-0.15, -0.1) is 10.2 Å². The molecule has 13 nitrogen and oxygen atoms in total. The van der Waals surface area contributed by atoms with E-state index in [0.717, 1.165) is 5.56 Å². The Hall–Kier alpha value is -4.30. The summed E-state index contributed by atoms with van der Waals surface area (Å²) in [7, 11) is 0.160. The van der Waals surface area contributed by atoms with Gasteiger partial charge in [0, 0.05) is 18.5 Å². The highest BCUT2D eigenvalue weighted by atomic mass is 32.2. The predicted octanol–water partition coefficient (Wildman–Crippen LogP) is 2.32. The summed E-state index contributed by atoms with van der Waals surface area (Å²) < 4.78 is 47.0. The van der Waals surface area contributed by atoms with Crippen LogP contribution in [0.4, 0.5) is 5.95 Å². The lowest BCUT2D eigenvalue weighted by Crippen LogP contribution is -2.32. The highest BCUT2D eigenvalue weighted by Gasteiger charge is 2.34. The van der Waals surface area contributed by atoms with E-state index in [-0.39, 0.29) is 17.6 Å². The van der Waals surface area contributed by atoms with Crippen LogP contribution in [0.1, 0.15) is 24.4 Å². The van der Waals surface area contributed by atoms with Crippen molar-refractivity contribution in [2.45, 2.75) is 25.2 Å². The Kier molecular flexibility index (Phi) is 7.73. The van der Waals surface area contributed by atoms with E-state index in [1.165, 1.54) is 45.2 Å². The van der Waals surface area contributed by atoms with Gasteiger partial charge in [0.2, 0.25) is 21.9 Å². The lowest BCUT2D eigenvalue weighted by atomic mass is 10.2. The van der Waals surface area contributed by atoms with E-state index in [1.54, 1.807) is 43.3 Å². The van der Waals surface area contributed by atoms with E-state index in [4.69, 9.17) is 14.2 Å². The number of sulfonamides is 1. The minimum atomic E-state index is -4.25. The summed E-state index contributed by atoms with van der Waals surface area (Å²) in [6, 6.07) is 10.1. The Morgan fingerprint density at radius 1 is 0.947 bits per heavy atom. The molecule has 14 heteroatoms. The molecule has 1 aromatic carbocycles. The summed E-state index contributed by atoms with van der Waals surface area (Å²) in [5, 5.41) is 17.7. The zero-order chi connectivity index (χ0) is 27.4. The molecule has 0 radical (unpaired) electrons. The SMILES string of the molecule is COc1cccc(-c2nnc(NS(=O)(=O)[C@H](C)[C@H](O)c3ncc(C)cn3)n2-c2c(OC)cccc2OC)n1. The third-order valence-corrected chi connectivity index (χ3v) is 7.39. The van der Waals surface area contributed by atoms with E-state index in [1.807, 2.05) is 0 Å². The van der Waals surface area contributed by atoms with Crippen LogP contribution in [-0.4, -0.2) is 69.8 Å². The fourth-order valence-electron chi connectivity index (χ4n) is 3.59. The van der Waals surface area contributed by atoms with Gasteiger partial charge in [-0.25, -0.2) is 23.4 Å². The van der Waals surface area contributed by atoms with Crippen LogP contribution in [0.2, 0.25) is 0 Å². The van der Waals surface area contributed by atoms with Crippen molar-refractivity contribution in [2.24, 2.45) is 0 Å². The van der Waals surface area contributed by atoms with Crippen LogP contribution in [0.5, 0.6) is 17.4 Å². The molecule has 3 aromatic heterocycles. The Morgan fingerprint density at radius 3 is 2.18 bits per heavy atom. The zero-order valence-electron chi connectivity index (χ0n) is 21.4. The number of rotatable bonds is 10. The first-order valence-electron chi connectivity index (χ1n) is 11.4. The number of methoxy groups -OCH3 is 3. The number of hydrogen-bond donors (Lipinski definition) is 2. The van der Waals surface area contributed by atoms with E-state index in [0.29, 0.717) is 28.8 Å². The highest BCUT2D eigenvalue weighted by Crippen LogP contribution is 2.38. The average molecular weight is 542 g/mol. The summed E-state index contributed by atoms with van der Waals surface area (Å²) >= 11 is 0. The fourth-order valence-corrected chi connectivity index (χ4v) is 4.62. The number of aryl methyl sites for hydroxylation is 1. The van der Waals surface area contributed by atoms with Crippen molar-refractivity contribution in [3.63, 3.8) is 0 Å². The Morgan fingerprint density at radius 2 is 1.58 bits per heavy atom. The third kappa shape index (κ3) is 5.21. The Labute approximate surface area is 219 Å². The number of aliphatic hydroxyl groups excluding tert-OH is 1. The lowest BCUT2D eigenvalue weighted by Gasteiger charge is -2.20. The van der Waals surface area contributed by atoms with Gasteiger partial charge >= 0.3 is 0 Å². The van der Waals surface area contributed by atoms with Crippen molar-refractivity contribution in [1.82, 2.24) is 29.7 Å². The van der Waals surface area contributed by atoms with Gasteiger partial charge in [0.15, 0.2) is 11.6 Å². The molecule has 0 unspecified atom stereocenters. The molecule has 0 saturated carbocycles. The second kappa shape index (κ2) is 11.0. The van der Waals surface area contributed by atoms with Crippen LogP contribution >= 0.6 is 0 Å². The molecule has 0 spiro atoms. The van der Waals surface area contributed by atoms with Gasteiger partial charge in [0.05, 0.1) is 21.3 Å². The number of pyridine rings is 1. The fraction of sp³-hybridized carbons (Fsp3) is 0.292. The largest absolute Gasteiger partial charge is 0.494 e. The Balaban J connectivity index is 1.84. The van der Waals surface area contributed by atoms with Crippen LogP contribution in [0.15, 0.2) is 48.8 Å². The van der Waals surface area contributed by atoms with Crippen molar-refractivity contribution < 1.29 is 27.7 Å². The zero-order valence-corrected chi connectivity index (χ0v) is 22.2. The maximum absolute atomic E-state index is 13.4. The summed E-state index contributed by atoms with van der Waals surface area (Å²) in [6.45, 7) is 3.12. The van der Waals surface area contributed by atoms with E-state index >= 15 is 0 Å². The number of aromatic nitrogens is 6. The van der Waals surface area contributed by atoms with E-state index < -0.39 is 21.4 Å². The second-order valence-electron chi connectivity index (χ2n) is 8.17. The predicted molar refractivity (Wildman–Crippen MR) is 138 cm³/mol. The molecule has 0 amide bonds. The first-order valence-corrected chi connectivity index (χ1v) is 12.9. The van der Waals surface area contributed by atoms with Gasteiger partial charge in [-0.3, -0.25) is 9.29 Å². The molecule has 0 fully saturated rings. The minimum absolute atomic E-state index is 0.0254. The Bertz CT molecular complexity index is 1500. The van der Waals surface area contributed by atoms with Crippen molar-refractivity contribution in [2.75, 3.05) is 26.1 Å². The molecular formula is C24H27N7O6S. The van der Waals surface area contributed by atoms with Crippen LogP contribution in [0.3, 0.4) is 0 Å². The number of benzene rings is 1. The van der Waals surface area contributed by atoms with Gasteiger partial charge < -0.3 is 19.3 Å². The second-order valence-corrected chi connectivity index (χ2v) is 10.2. The molecule has 2 N–H and O–H groups in total. The maximum atomic E-state index is 13.4. The molecule has 38 heavy (non-hydrogen) atoms. The first kappa shape index (κ1) is 26.8. The van der Waals surface area contributed by atoms with E-state index in [9.17, 15) is 13.5 Å². The average Bonchev–Trinajstić information content (AvgIpc) is 3.34. The molecule has 0 aliphatic carbocycles. The lowest BCUT2D eigenvalue weighted by molar-refractivity contribution is 0.166. The topological polar surface area (TPSA) is 163 Å². The number of hydrogen-bond acceptors (Lipinski definition) is 11. The number of nitrogens with one attached hydrogen (secondary N) is 1. The molecule has 0 bridgehead atoms. The maximum Gasteiger partial charge on any atom is 0.243 e. The molecule has 3 heterocycles. The standard InChI is InChI=1S/C24H27N7O6S/c1-14-12-25-22(26-13-14)21(32)15(2)38(33,34)30-24-29-28-23(16-8-6-11-19(27-16)37-5)31(24)20-17(35-3)9-7-10-18(20)36-4/h6-13,15,21,32H,1-5H3,(H,29,30)/t15-,21+/m1/s1. The number of para-hydroxylation sites is 1. The van der Waals surface area contributed by atoms with Crippen LogP contribution in [0, 0.1) is 6.92 Å². The molecule has 4 aromatic rings. The van der Waals surface area contributed by atoms with Crippen molar-refractivity contribution in [3.8, 4) is 34.6 Å². The molecule has 200 valence electrons. The van der Waals surface area contributed by atoms with Crippen LogP contribution < -0.4 is 18.9 Å². The van der Waals surface area contributed by atoms with Crippen LogP contribution in [0.25, 0.3) is 17.2 Å². The number of anilines is 1. The van der Waals surface area contributed by atoms with Gasteiger partial charge in [-0.05, 0) is 37.6 Å². The smallest absolute Gasteiger partial charge is 0.243 e. The molecular weight excluding hydrogens is 514 g/mol. The minimum Gasteiger partial charge on any atom is -0.494 e. The number of ether oxygens (including phenoxy) is 3. The van der Waals surface area contributed by atoms with Crippen molar-refractivity contribution >= 4 is 16.0 Å². The molecule has 4 rings (SSSR count). The number of nitrogens with zero attached hydrogens (tertiary/aromatic N) is 6. The summed E-state index contributed by atoms with van der Waals surface area (Å²) in [6.07, 6.45) is 1.48. The summed E-state index contributed by atoms with van der Waals surface area (Å²) in [4.78, 5) is 12.5. The summed E-state index contributed by atoms with van der Waals surface area (Å²) in [5.74, 6) is 1.00. The van der Waals surface area contributed by atoms with Gasteiger partial charge in [0.25, 0.3) is 0 Å². The van der Waals surface area contributed by atoms with Gasteiger partial charge in [-0.1, -0.05) is 12.1 Å². The monoisotopic (exact) mass is 541 g/mol. The molecule has 2 atom stereocenters.